The quantitative estimate of drug-likeness (QED) is 0.587. The molecule has 0 rings (SSSR count). The molecular formula is C8H19ClS. The lowest BCUT2D eigenvalue weighted by atomic mass is 10.6. The van der Waals surface area contributed by atoms with Crippen LogP contribution in [0.5, 0.6) is 0 Å². The molecule has 0 saturated heterocycles. The molecule has 0 aromatic carbocycles. The topological polar surface area (TPSA) is 0 Å². The van der Waals surface area contributed by atoms with Gasteiger partial charge < -0.3 is 0 Å². The maximum atomic E-state index is 5.63. The van der Waals surface area contributed by atoms with E-state index >= 15 is 0 Å². The summed E-state index contributed by atoms with van der Waals surface area (Å²) in [6.07, 6.45) is 5.97. The van der Waals surface area contributed by atoms with Crippen molar-refractivity contribution in [3.8, 4) is 0 Å². The average Bonchev–Trinajstić information content (AvgIpc) is 1.84. The number of alkyl halides is 1. The first-order valence-electron chi connectivity index (χ1n) is 3.76. The van der Waals surface area contributed by atoms with E-state index in [1.807, 2.05) is 0 Å². The summed E-state index contributed by atoms with van der Waals surface area (Å²) in [4.78, 5) is 0. The molecule has 0 saturated carbocycles. The van der Waals surface area contributed by atoms with E-state index in [1.165, 1.54) is 12.2 Å². The molecule has 0 aromatic heterocycles. The molecule has 0 nitrogen and oxygen atoms in total. The van der Waals surface area contributed by atoms with Crippen LogP contribution in [-0.2, 0) is 0 Å². The Morgan fingerprint density at radius 3 is 2.10 bits per heavy atom. The van der Waals surface area contributed by atoms with Gasteiger partial charge in [0.05, 0.1) is 0 Å². The number of rotatable bonds is 4. The minimum atomic E-state index is -0.345. The highest BCUT2D eigenvalue weighted by Gasteiger charge is 2.14. The second-order valence-corrected chi connectivity index (χ2v) is 8.40. The van der Waals surface area contributed by atoms with Gasteiger partial charge in [0.1, 0.15) is 0 Å². The molecule has 0 aliphatic heterocycles. The summed E-state index contributed by atoms with van der Waals surface area (Å²) in [5.41, 5.74) is 0. The van der Waals surface area contributed by atoms with Crippen molar-refractivity contribution in [2.75, 3.05) is 24.1 Å². The Bertz CT molecular complexity index is 89.3. The first-order chi connectivity index (χ1) is 4.50. The Kier molecular flexibility index (Phi) is 4.79. The molecule has 0 N–H and O–H groups in total. The summed E-state index contributed by atoms with van der Waals surface area (Å²) < 4.78 is 0. The summed E-state index contributed by atoms with van der Waals surface area (Å²) >= 11 is 5.63. The zero-order valence-electron chi connectivity index (χ0n) is 7.48. The van der Waals surface area contributed by atoms with Crippen LogP contribution in [0.2, 0.25) is 0 Å². The Labute approximate surface area is 71.7 Å². The molecule has 0 atom stereocenters. The predicted octanol–water partition coefficient (Wildman–Crippen LogP) is 3.09. The van der Waals surface area contributed by atoms with E-state index in [9.17, 15) is 0 Å². The van der Waals surface area contributed by atoms with Crippen molar-refractivity contribution < 1.29 is 0 Å². The molecule has 0 aliphatic rings. The predicted molar refractivity (Wildman–Crippen MR) is 54.8 cm³/mol. The highest BCUT2D eigenvalue weighted by molar-refractivity contribution is 8.33. The highest BCUT2D eigenvalue weighted by Crippen LogP contribution is 2.45. The van der Waals surface area contributed by atoms with Gasteiger partial charge >= 0.3 is 0 Å². The zero-order chi connectivity index (χ0) is 8.20. The molecule has 0 amide bonds. The van der Waals surface area contributed by atoms with Crippen molar-refractivity contribution >= 4 is 21.6 Å². The van der Waals surface area contributed by atoms with E-state index in [2.05, 4.69) is 26.4 Å². The van der Waals surface area contributed by atoms with Crippen LogP contribution in [0.15, 0.2) is 0 Å². The van der Waals surface area contributed by atoms with Crippen LogP contribution in [0.4, 0.5) is 0 Å². The van der Waals surface area contributed by atoms with Crippen LogP contribution >= 0.6 is 21.6 Å². The third kappa shape index (κ3) is 3.72. The van der Waals surface area contributed by atoms with E-state index in [4.69, 9.17) is 11.6 Å². The summed E-state index contributed by atoms with van der Waals surface area (Å²) in [7, 11) is -0.345. The van der Waals surface area contributed by atoms with E-state index in [1.54, 1.807) is 0 Å². The zero-order valence-corrected chi connectivity index (χ0v) is 9.06. The Morgan fingerprint density at radius 2 is 1.80 bits per heavy atom. The second kappa shape index (κ2) is 4.50. The lowest BCUT2D eigenvalue weighted by Gasteiger charge is -2.35. The molecule has 0 bridgehead atoms. The van der Waals surface area contributed by atoms with Gasteiger partial charge in [0.15, 0.2) is 0 Å². The Morgan fingerprint density at radius 1 is 1.30 bits per heavy atom. The molecule has 0 aromatic rings. The number of hydrogen-bond acceptors (Lipinski definition) is 0. The van der Waals surface area contributed by atoms with Crippen molar-refractivity contribution in [1.82, 2.24) is 0 Å². The monoisotopic (exact) mass is 182 g/mol. The number of hydrogen-bond donors (Lipinski definition) is 0. The lowest BCUT2D eigenvalue weighted by Crippen LogP contribution is -2.12. The van der Waals surface area contributed by atoms with Crippen LogP contribution in [-0.4, -0.2) is 29.4 Å². The van der Waals surface area contributed by atoms with Crippen molar-refractivity contribution in [3.05, 3.63) is 0 Å². The van der Waals surface area contributed by atoms with Gasteiger partial charge in [0.2, 0.25) is 0 Å². The minimum Gasteiger partial charge on any atom is -0.244 e. The molecule has 64 valence electrons. The second-order valence-electron chi connectivity index (χ2n) is 3.42. The largest absolute Gasteiger partial charge is 0.244 e. The lowest BCUT2D eigenvalue weighted by molar-refractivity contribution is 1.04. The first-order valence-corrected chi connectivity index (χ1v) is 6.98. The first kappa shape index (κ1) is 10.6. The van der Waals surface area contributed by atoms with E-state index in [0.717, 1.165) is 11.1 Å². The standard InChI is InChI=1S/C8H19ClS/c1-8(2)10(3,4)7-5-6-9/h8H,5-7H2,1-4H3. The Balaban J connectivity index is 3.63. The molecule has 2 heteroatoms. The van der Waals surface area contributed by atoms with Gasteiger partial charge in [0.25, 0.3) is 0 Å². The van der Waals surface area contributed by atoms with Gasteiger partial charge in [-0.1, -0.05) is 13.8 Å². The average molecular weight is 183 g/mol. The maximum absolute atomic E-state index is 5.63. The van der Waals surface area contributed by atoms with Crippen LogP contribution in [0.3, 0.4) is 0 Å². The summed E-state index contributed by atoms with van der Waals surface area (Å²) in [6, 6.07) is 0. The van der Waals surface area contributed by atoms with Gasteiger partial charge in [-0.05, 0) is 29.9 Å². The summed E-state index contributed by atoms with van der Waals surface area (Å²) in [5, 5.41) is 0.843. The number of halogens is 1. The minimum absolute atomic E-state index is 0.345. The smallest absolute Gasteiger partial charge is 0.0230 e. The van der Waals surface area contributed by atoms with Crippen molar-refractivity contribution in [2.45, 2.75) is 25.5 Å². The van der Waals surface area contributed by atoms with Gasteiger partial charge in [-0.25, -0.2) is 10.0 Å². The van der Waals surface area contributed by atoms with Gasteiger partial charge in [-0.15, -0.1) is 11.6 Å². The van der Waals surface area contributed by atoms with Crippen LogP contribution in [0.25, 0.3) is 0 Å². The van der Waals surface area contributed by atoms with Gasteiger partial charge in [0, 0.05) is 5.88 Å². The third-order valence-corrected chi connectivity index (χ3v) is 6.24. The van der Waals surface area contributed by atoms with Crippen LogP contribution in [0, 0.1) is 0 Å². The van der Waals surface area contributed by atoms with Gasteiger partial charge in [-0.3, -0.25) is 0 Å². The van der Waals surface area contributed by atoms with Crippen molar-refractivity contribution in [3.63, 3.8) is 0 Å². The fourth-order valence-corrected chi connectivity index (χ4v) is 2.31. The molecule has 0 unspecified atom stereocenters. The van der Waals surface area contributed by atoms with Crippen LogP contribution < -0.4 is 0 Å². The van der Waals surface area contributed by atoms with Crippen molar-refractivity contribution in [2.24, 2.45) is 0 Å². The molecule has 10 heavy (non-hydrogen) atoms. The third-order valence-electron chi connectivity index (χ3n) is 2.08. The molecule has 0 spiro atoms. The van der Waals surface area contributed by atoms with Crippen molar-refractivity contribution in [1.29, 1.82) is 0 Å². The van der Waals surface area contributed by atoms with E-state index in [-0.39, 0.29) is 10.0 Å². The summed E-state index contributed by atoms with van der Waals surface area (Å²) in [5.74, 6) is 2.15. The molecule has 0 heterocycles. The molecular weight excluding hydrogens is 164 g/mol. The Hall–Kier alpha value is 0.640. The fourth-order valence-electron chi connectivity index (χ4n) is 0.662. The van der Waals surface area contributed by atoms with E-state index < -0.39 is 0 Å². The maximum Gasteiger partial charge on any atom is 0.0230 e. The highest BCUT2D eigenvalue weighted by atomic mass is 35.5. The molecule has 0 fully saturated rings. The SMILES string of the molecule is CC(C)S(C)(C)CCCCl. The van der Waals surface area contributed by atoms with Crippen LogP contribution in [0.1, 0.15) is 20.3 Å². The van der Waals surface area contributed by atoms with Gasteiger partial charge in [-0.2, -0.15) is 0 Å². The summed E-state index contributed by atoms with van der Waals surface area (Å²) in [6.45, 7) is 4.62. The van der Waals surface area contributed by atoms with E-state index in [0.29, 0.717) is 0 Å². The normalized spacial score (nSPS) is 14.2. The molecule has 0 radical (unpaired) electrons. The fraction of sp³-hybridized carbons (Fsp3) is 1.00. The molecule has 0 aliphatic carbocycles.